The third-order valence-electron chi connectivity index (χ3n) is 2.73. The van der Waals surface area contributed by atoms with Crippen LogP contribution in [0, 0.1) is 0 Å². The zero-order chi connectivity index (χ0) is 9.36. The lowest BCUT2D eigenvalue weighted by molar-refractivity contribution is 0.462. The molecule has 0 aromatic heterocycles. The molecular formula is C12H23N. The number of nitrogens with one attached hydrogen (secondary N) is 1. The van der Waals surface area contributed by atoms with Crippen LogP contribution in [-0.2, 0) is 0 Å². The van der Waals surface area contributed by atoms with Crippen molar-refractivity contribution in [2.24, 2.45) is 0 Å². The van der Waals surface area contributed by atoms with Gasteiger partial charge in [0.25, 0.3) is 0 Å². The Balaban J connectivity index is 1.90. The van der Waals surface area contributed by atoms with E-state index in [2.05, 4.69) is 24.4 Å². The van der Waals surface area contributed by atoms with Crippen LogP contribution in [-0.4, -0.2) is 12.6 Å². The summed E-state index contributed by atoms with van der Waals surface area (Å²) >= 11 is 0. The Kier molecular flexibility index (Phi) is 5.92. The molecule has 1 rings (SSSR count). The number of unbranched alkanes of at least 4 members (excludes halogenated alkanes) is 3. The Morgan fingerprint density at radius 3 is 2.85 bits per heavy atom. The lowest BCUT2D eigenvalue weighted by atomic mass is 10.0. The molecule has 0 saturated heterocycles. The van der Waals surface area contributed by atoms with Crippen molar-refractivity contribution in [1.29, 1.82) is 0 Å². The van der Waals surface area contributed by atoms with E-state index in [1.165, 1.54) is 51.5 Å². The molecule has 0 amide bonds. The topological polar surface area (TPSA) is 12.0 Å². The molecule has 1 aliphatic rings. The Hall–Kier alpha value is -0.300. The van der Waals surface area contributed by atoms with Crippen molar-refractivity contribution in [2.45, 2.75) is 57.9 Å². The number of allylic oxidation sites excluding steroid dienone is 1. The van der Waals surface area contributed by atoms with E-state index in [0.29, 0.717) is 0 Å². The van der Waals surface area contributed by atoms with Crippen LogP contribution in [0.25, 0.3) is 0 Å². The zero-order valence-electron chi connectivity index (χ0n) is 8.89. The van der Waals surface area contributed by atoms with Crippen molar-refractivity contribution in [1.82, 2.24) is 5.32 Å². The highest BCUT2D eigenvalue weighted by Gasteiger charge is 2.07. The molecule has 1 heteroatoms. The molecule has 1 aliphatic carbocycles. The second-order valence-corrected chi connectivity index (χ2v) is 4.00. The minimum absolute atomic E-state index is 0.770. The van der Waals surface area contributed by atoms with Gasteiger partial charge in [0, 0.05) is 6.04 Å². The summed E-state index contributed by atoms with van der Waals surface area (Å²) in [5, 5.41) is 3.63. The molecule has 1 N–H and O–H groups in total. The van der Waals surface area contributed by atoms with E-state index in [1.807, 2.05) is 0 Å². The predicted molar refractivity (Wildman–Crippen MR) is 58.9 cm³/mol. The maximum absolute atomic E-state index is 3.63. The molecule has 0 saturated carbocycles. The minimum atomic E-state index is 0.770. The van der Waals surface area contributed by atoms with Gasteiger partial charge in [0.15, 0.2) is 0 Å². The van der Waals surface area contributed by atoms with E-state index < -0.39 is 0 Å². The summed E-state index contributed by atoms with van der Waals surface area (Å²) in [7, 11) is 0. The van der Waals surface area contributed by atoms with Gasteiger partial charge in [0.2, 0.25) is 0 Å². The molecule has 13 heavy (non-hydrogen) atoms. The van der Waals surface area contributed by atoms with Crippen molar-refractivity contribution >= 4 is 0 Å². The van der Waals surface area contributed by atoms with Crippen molar-refractivity contribution in [3.05, 3.63) is 12.2 Å². The Labute approximate surface area is 82.6 Å². The SMILES string of the molecule is CCCCCCNC1CC=CCC1. The Morgan fingerprint density at radius 2 is 2.15 bits per heavy atom. The van der Waals surface area contributed by atoms with Gasteiger partial charge in [-0.25, -0.2) is 0 Å². The third-order valence-corrected chi connectivity index (χ3v) is 2.73. The lowest BCUT2D eigenvalue weighted by Gasteiger charge is -2.19. The van der Waals surface area contributed by atoms with Crippen molar-refractivity contribution in [2.75, 3.05) is 6.54 Å². The first kappa shape index (κ1) is 10.8. The lowest BCUT2D eigenvalue weighted by Crippen LogP contribution is -2.30. The van der Waals surface area contributed by atoms with Crippen LogP contribution in [0.4, 0.5) is 0 Å². The van der Waals surface area contributed by atoms with Gasteiger partial charge in [-0.05, 0) is 32.2 Å². The summed E-state index contributed by atoms with van der Waals surface area (Å²) in [4.78, 5) is 0. The number of hydrogen-bond acceptors (Lipinski definition) is 1. The maximum Gasteiger partial charge on any atom is 0.0104 e. The van der Waals surface area contributed by atoms with E-state index >= 15 is 0 Å². The summed E-state index contributed by atoms with van der Waals surface area (Å²) in [5.74, 6) is 0. The first-order chi connectivity index (χ1) is 6.43. The van der Waals surface area contributed by atoms with Crippen molar-refractivity contribution < 1.29 is 0 Å². The monoisotopic (exact) mass is 181 g/mol. The van der Waals surface area contributed by atoms with Crippen LogP contribution >= 0.6 is 0 Å². The second-order valence-electron chi connectivity index (χ2n) is 4.00. The molecule has 1 atom stereocenters. The molecule has 1 unspecified atom stereocenters. The van der Waals surface area contributed by atoms with Gasteiger partial charge in [-0.15, -0.1) is 0 Å². The average molecular weight is 181 g/mol. The minimum Gasteiger partial charge on any atom is -0.314 e. The van der Waals surface area contributed by atoms with Gasteiger partial charge in [-0.3, -0.25) is 0 Å². The summed E-state index contributed by atoms with van der Waals surface area (Å²) in [5.41, 5.74) is 0. The Morgan fingerprint density at radius 1 is 1.23 bits per heavy atom. The van der Waals surface area contributed by atoms with Crippen LogP contribution in [0.1, 0.15) is 51.9 Å². The highest BCUT2D eigenvalue weighted by atomic mass is 14.9. The smallest absolute Gasteiger partial charge is 0.0104 e. The van der Waals surface area contributed by atoms with Crippen LogP contribution in [0.2, 0.25) is 0 Å². The fourth-order valence-electron chi connectivity index (χ4n) is 1.84. The highest BCUT2D eigenvalue weighted by Crippen LogP contribution is 2.10. The van der Waals surface area contributed by atoms with Gasteiger partial charge in [-0.1, -0.05) is 38.3 Å². The molecule has 76 valence electrons. The fraction of sp³-hybridized carbons (Fsp3) is 0.833. The van der Waals surface area contributed by atoms with Gasteiger partial charge >= 0.3 is 0 Å². The summed E-state index contributed by atoms with van der Waals surface area (Å²) in [6.45, 7) is 3.48. The summed E-state index contributed by atoms with van der Waals surface area (Å²) < 4.78 is 0. The summed E-state index contributed by atoms with van der Waals surface area (Å²) in [6.07, 6.45) is 14.0. The largest absolute Gasteiger partial charge is 0.314 e. The van der Waals surface area contributed by atoms with E-state index in [9.17, 15) is 0 Å². The Bertz CT molecular complexity index is 140. The molecule has 0 fully saturated rings. The van der Waals surface area contributed by atoms with Crippen molar-refractivity contribution in [3.63, 3.8) is 0 Å². The molecule has 0 bridgehead atoms. The third kappa shape index (κ3) is 5.09. The molecule has 0 heterocycles. The normalized spacial score (nSPS) is 22.1. The summed E-state index contributed by atoms with van der Waals surface area (Å²) in [6, 6.07) is 0.770. The van der Waals surface area contributed by atoms with Crippen LogP contribution in [0.15, 0.2) is 12.2 Å². The van der Waals surface area contributed by atoms with Gasteiger partial charge in [-0.2, -0.15) is 0 Å². The molecule has 0 aliphatic heterocycles. The van der Waals surface area contributed by atoms with Gasteiger partial charge < -0.3 is 5.32 Å². The first-order valence-corrected chi connectivity index (χ1v) is 5.82. The average Bonchev–Trinajstić information content (AvgIpc) is 2.19. The maximum atomic E-state index is 3.63. The number of rotatable bonds is 6. The quantitative estimate of drug-likeness (QED) is 0.490. The second kappa shape index (κ2) is 7.14. The standard InChI is InChI=1S/C12H23N/c1-2-3-4-8-11-13-12-9-6-5-7-10-12/h5-6,12-13H,2-4,7-11H2,1H3. The van der Waals surface area contributed by atoms with E-state index in [0.717, 1.165) is 6.04 Å². The molecule has 0 aromatic rings. The van der Waals surface area contributed by atoms with Crippen LogP contribution < -0.4 is 5.32 Å². The van der Waals surface area contributed by atoms with E-state index in [1.54, 1.807) is 0 Å². The molecule has 0 aromatic carbocycles. The van der Waals surface area contributed by atoms with Crippen molar-refractivity contribution in [3.8, 4) is 0 Å². The molecule has 0 radical (unpaired) electrons. The number of hydrogen-bond donors (Lipinski definition) is 1. The van der Waals surface area contributed by atoms with Gasteiger partial charge in [0.1, 0.15) is 0 Å². The van der Waals surface area contributed by atoms with Crippen LogP contribution in [0.3, 0.4) is 0 Å². The van der Waals surface area contributed by atoms with E-state index in [4.69, 9.17) is 0 Å². The van der Waals surface area contributed by atoms with E-state index in [-0.39, 0.29) is 0 Å². The first-order valence-electron chi connectivity index (χ1n) is 5.82. The fourth-order valence-corrected chi connectivity index (χ4v) is 1.84. The van der Waals surface area contributed by atoms with Crippen LogP contribution in [0.5, 0.6) is 0 Å². The zero-order valence-corrected chi connectivity index (χ0v) is 8.89. The predicted octanol–water partition coefficient (Wildman–Crippen LogP) is 3.27. The molecule has 0 spiro atoms. The molecular weight excluding hydrogens is 158 g/mol. The molecule has 1 nitrogen and oxygen atoms in total. The van der Waals surface area contributed by atoms with Gasteiger partial charge in [0.05, 0.1) is 0 Å². The highest BCUT2D eigenvalue weighted by molar-refractivity contribution is 4.92.